The average molecular weight is 185 g/mol. The molecule has 0 atom stereocenters. The standard InChI is InChI=1S/C10H13F2N/c1-2-5-13-7-8-3-4-9(11)10(12)6-8/h3-4,6,13H,2,5,7H2,1H3. The predicted molar refractivity (Wildman–Crippen MR) is 48.4 cm³/mol. The molecule has 0 aromatic heterocycles. The van der Waals surface area contributed by atoms with Crippen molar-refractivity contribution in [3.05, 3.63) is 35.4 Å². The largest absolute Gasteiger partial charge is 0.313 e. The Morgan fingerprint density at radius 2 is 2.00 bits per heavy atom. The monoisotopic (exact) mass is 185 g/mol. The average Bonchev–Trinajstić information content (AvgIpc) is 2.12. The van der Waals surface area contributed by atoms with Gasteiger partial charge in [0, 0.05) is 6.54 Å². The van der Waals surface area contributed by atoms with E-state index in [9.17, 15) is 8.78 Å². The maximum absolute atomic E-state index is 12.7. The Kier molecular flexibility index (Phi) is 3.83. The van der Waals surface area contributed by atoms with Crippen LogP contribution in [0.2, 0.25) is 0 Å². The fourth-order valence-electron chi connectivity index (χ4n) is 1.06. The fraction of sp³-hybridized carbons (Fsp3) is 0.400. The van der Waals surface area contributed by atoms with Crippen molar-refractivity contribution in [2.75, 3.05) is 6.54 Å². The smallest absolute Gasteiger partial charge is 0.159 e. The molecule has 1 rings (SSSR count). The first-order valence-corrected chi connectivity index (χ1v) is 4.38. The topological polar surface area (TPSA) is 12.0 Å². The van der Waals surface area contributed by atoms with E-state index in [4.69, 9.17) is 0 Å². The van der Waals surface area contributed by atoms with Gasteiger partial charge in [-0.15, -0.1) is 0 Å². The Bertz CT molecular complexity index is 274. The van der Waals surface area contributed by atoms with Crippen molar-refractivity contribution in [2.24, 2.45) is 0 Å². The summed E-state index contributed by atoms with van der Waals surface area (Å²) in [4.78, 5) is 0. The van der Waals surface area contributed by atoms with Gasteiger partial charge in [0.05, 0.1) is 0 Å². The molecule has 3 heteroatoms. The van der Waals surface area contributed by atoms with Gasteiger partial charge in [-0.3, -0.25) is 0 Å². The summed E-state index contributed by atoms with van der Waals surface area (Å²) in [5.41, 5.74) is 0.771. The van der Waals surface area contributed by atoms with Crippen LogP contribution in [0.3, 0.4) is 0 Å². The highest BCUT2D eigenvalue weighted by Gasteiger charge is 2.01. The number of halogens is 2. The van der Waals surface area contributed by atoms with Gasteiger partial charge in [0.1, 0.15) is 0 Å². The molecule has 0 saturated carbocycles. The Hall–Kier alpha value is -0.960. The summed E-state index contributed by atoms with van der Waals surface area (Å²) in [6.45, 7) is 3.53. The molecule has 0 aliphatic carbocycles. The highest BCUT2D eigenvalue weighted by molar-refractivity contribution is 5.17. The molecule has 72 valence electrons. The number of hydrogen-bond acceptors (Lipinski definition) is 1. The van der Waals surface area contributed by atoms with E-state index in [0.717, 1.165) is 24.6 Å². The SMILES string of the molecule is CCCNCc1ccc(F)c(F)c1. The summed E-state index contributed by atoms with van der Waals surface area (Å²) in [6, 6.07) is 3.96. The summed E-state index contributed by atoms with van der Waals surface area (Å²) in [5.74, 6) is -1.57. The van der Waals surface area contributed by atoms with Gasteiger partial charge in [-0.05, 0) is 30.7 Å². The van der Waals surface area contributed by atoms with Crippen LogP contribution >= 0.6 is 0 Å². The zero-order valence-corrected chi connectivity index (χ0v) is 7.61. The van der Waals surface area contributed by atoms with Crippen molar-refractivity contribution in [3.63, 3.8) is 0 Å². The Balaban J connectivity index is 2.53. The van der Waals surface area contributed by atoms with E-state index >= 15 is 0 Å². The van der Waals surface area contributed by atoms with Gasteiger partial charge in [0.2, 0.25) is 0 Å². The maximum atomic E-state index is 12.7. The molecule has 0 aliphatic rings. The molecule has 0 unspecified atom stereocenters. The van der Waals surface area contributed by atoms with E-state index in [-0.39, 0.29) is 0 Å². The molecule has 1 nitrogen and oxygen atoms in total. The van der Waals surface area contributed by atoms with Crippen LogP contribution in [-0.2, 0) is 6.54 Å². The molecule has 1 aromatic carbocycles. The molecule has 0 saturated heterocycles. The summed E-state index contributed by atoms with van der Waals surface area (Å²) in [6.07, 6.45) is 1.03. The van der Waals surface area contributed by atoms with E-state index < -0.39 is 11.6 Å². The second-order valence-electron chi connectivity index (χ2n) is 2.93. The molecule has 1 aromatic rings. The Morgan fingerprint density at radius 3 is 2.62 bits per heavy atom. The van der Waals surface area contributed by atoms with Gasteiger partial charge < -0.3 is 5.32 Å². The van der Waals surface area contributed by atoms with E-state index in [0.29, 0.717) is 6.54 Å². The molecular formula is C10H13F2N. The third-order valence-electron chi connectivity index (χ3n) is 1.74. The number of rotatable bonds is 4. The molecule has 0 heterocycles. The molecule has 0 spiro atoms. The summed E-state index contributed by atoms with van der Waals surface area (Å²) >= 11 is 0. The molecule has 0 bridgehead atoms. The lowest BCUT2D eigenvalue weighted by Crippen LogP contribution is -2.13. The summed E-state index contributed by atoms with van der Waals surface area (Å²) in [7, 11) is 0. The van der Waals surface area contributed by atoms with Gasteiger partial charge >= 0.3 is 0 Å². The highest BCUT2D eigenvalue weighted by Crippen LogP contribution is 2.08. The molecule has 0 amide bonds. The predicted octanol–water partition coefficient (Wildman–Crippen LogP) is 2.46. The molecule has 1 N–H and O–H groups in total. The quantitative estimate of drug-likeness (QED) is 0.710. The zero-order valence-electron chi connectivity index (χ0n) is 7.61. The van der Waals surface area contributed by atoms with E-state index in [2.05, 4.69) is 12.2 Å². The van der Waals surface area contributed by atoms with Crippen molar-refractivity contribution in [2.45, 2.75) is 19.9 Å². The van der Waals surface area contributed by atoms with Crippen LogP contribution < -0.4 is 5.32 Å². The lowest BCUT2D eigenvalue weighted by Gasteiger charge is -2.03. The minimum Gasteiger partial charge on any atom is -0.313 e. The van der Waals surface area contributed by atoms with Crippen molar-refractivity contribution in [3.8, 4) is 0 Å². The van der Waals surface area contributed by atoms with Gasteiger partial charge in [0.15, 0.2) is 11.6 Å². The third-order valence-corrected chi connectivity index (χ3v) is 1.74. The Labute approximate surface area is 76.8 Å². The molecule has 0 fully saturated rings. The number of nitrogens with one attached hydrogen (secondary N) is 1. The van der Waals surface area contributed by atoms with Gasteiger partial charge in [-0.25, -0.2) is 8.78 Å². The second kappa shape index (κ2) is 4.92. The van der Waals surface area contributed by atoms with E-state index in [1.807, 2.05) is 0 Å². The van der Waals surface area contributed by atoms with Crippen molar-refractivity contribution >= 4 is 0 Å². The second-order valence-corrected chi connectivity index (χ2v) is 2.93. The third kappa shape index (κ3) is 3.11. The van der Waals surface area contributed by atoms with Crippen LogP contribution in [0, 0.1) is 11.6 Å². The van der Waals surface area contributed by atoms with Crippen LogP contribution in [0.25, 0.3) is 0 Å². The minimum absolute atomic E-state index is 0.588. The number of hydrogen-bond donors (Lipinski definition) is 1. The fourth-order valence-corrected chi connectivity index (χ4v) is 1.06. The van der Waals surface area contributed by atoms with E-state index in [1.54, 1.807) is 6.07 Å². The van der Waals surface area contributed by atoms with Crippen LogP contribution in [0.4, 0.5) is 8.78 Å². The zero-order chi connectivity index (χ0) is 9.68. The molecule has 13 heavy (non-hydrogen) atoms. The van der Waals surface area contributed by atoms with Gasteiger partial charge in [-0.2, -0.15) is 0 Å². The first kappa shape index (κ1) is 10.1. The normalized spacial score (nSPS) is 10.4. The lowest BCUT2D eigenvalue weighted by molar-refractivity contribution is 0.506. The lowest BCUT2D eigenvalue weighted by atomic mass is 10.2. The summed E-state index contributed by atoms with van der Waals surface area (Å²) < 4.78 is 25.2. The van der Waals surface area contributed by atoms with Crippen molar-refractivity contribution < 1.29 is 8.78 Å². The molecule has 0 aliphatic heterocycles. The van der Waals surface area contributed by atoms with Crippen LogP contribution in [0.1, 0.15) is 18.9 Å². The van der Waals surface area contributed by atoms with Crippen molar-refractivity contribution in [1.29, 1.82) is 0 Å². The first-order chi connectivity index (χ1) is 6.24. The highest BCUT2D eigenvalue weighted by atomic mass is 19.2. The van der Waals surface area contributed by atoms with Crippen molar-refractivity contribution in [1.82, 2.24) is 5.32 Å². The van der Waals surface area contributed by atoms with Gasteiger partial charge in [0.25, 0.3) is 0 Å². The molecule has 0 radical (unpaired) electrons. The van der Waals surface area contributed by atoms with Crippen LogP contribution in [-0.4, -0.2) is 6.54 Å². The van der Waals surface area contributed by atoms with Crippen LogP contribution in [0.5, 0.6) is 0 Å². The van der Waals surface area contributed by atoms with Crippen LogP contribution in [0.15, 0.2) is 18.2 Å². The first-order valence-electron chi connectivity index (χ1n) is 4.38. The number of benzene rings is 1. The maximum Gasteiger partial charge on any atom is 0.159 e. The van der Waals surface area contributed by atoms with E-state index in [1.165, 1.54) is 6.07 Å². The van der Waals surface area contributed by atoms with Gasteiger partial charge in [-0.1, -0.05) is 13.0 Å². The summed E-state index contributed by atoms with van der Waals surface area (Å²) in [5, 5.41) is 3.11. The molecular weight excluding hydrogens is 172 g/mol. The Morgan fingerprint density at radius 1 is 1.23 bits per heavy atom. The minimum atomic E-state index is -0.792.